The van der Waals surface area contributed by atoms with Gasteiger partial charge in [0.25, 0.3) is 0 Å². The molecule has 0 fully saturated rings. The maximum atomic E-state index is 11.5. The summed E-state index contributed by atoms with van der Waals surface area (Å²) in [7, 11) is 0. The second kappa shape index (κ2) is 7.12. The third-order valence-electron chi connectivity index (χ3n) is 2.62. The summed E-state index contributed by atoms with van der Waals surface area (Å²) in [5.41, 5.74) is 0.884. The maximum Gasteiger partial charge on any atom is 0.239 e. The fraction of sp³-hybridized carbons (Fsp3) is 0.615. The Hall–Kier alpha value is -1.29. The monoisotopic (exact) mass is 238 g/mol. The van der Waals surface area contributed by atoms with Crippen molar-refractivity contribution in [2.45, 2.75) is 45.8 Å². The summed E-state index contributed by atoms with van der Waals surface area (Å²) in [5.74, 6) is 0.0129. The standard InChI is InChI=1S/C13H22N2O2/c1-3-5-12(16)11-6-8-15(9-11)10-13(17)14-7-4-2/h6,8-9,12,16H,3-5,7,10H2,1-2H3,(H,14,17). The van der Waals surface area contributed by atoms with Crippen molar-refractivity contribution in [2.24, 2.45) is 0 Å². The Morgan fingerprint density at radius 1 is 1.47 bits per heavy atom. The Kier molecular flexibility index (Phi) is 5.77. The van der Waals surface area contributed by atoms with Crippen LogP contribution in [0.25, 0.3) is 0 Å². The van der Waals surface area contributed by atoms with E-state index in [1.54, 1.807) is 4.57 Å². The predicted molar refractivity (Wildman–Crippen MR) is 67.6 cm³/mol. The summed E-state index contributed by atoms with van der Waals surface area (Å²) in [4.78, 5) is 11.5. The molecule has 0 aliphatic carbocycles. The van der Waals surface area contributed by atoms with E-state index in [0.29, 0.717) is 13.1 Å². The second-order valence-electron chi connectivity index (χ2n) is 4.27. The number of aromatic nitrogens is 1. The summed E-state index contributed by atoms with van der Waals surface area (Å²) in [6.07, 6.45) is 5.90. The number of rotatable bonds is 7. The van der Waals surface area contributed by atoms with E-state index < -0.39 is 6.10 Å². The molecule has 4 nitrogen and oxygen atoms in total. The van der Waals surface area contributed by atoms with Gasteiger partial charge in [0.2, 0.25) is 5.91 Å². The molecule has 1 aromatic heterocycles. The fourth-order valence-corrected chi connectivity index (χ4v) is 1.68. The molecule has 0 bridgehead atoms. The number of hydrogen-bond donors (Lipinski definition) is 2. The van der Waals surface area contributed by atoms with Gasteiger partial charge >= 0.3 is 0 Å². The Labute approximate surface area is 103 Å². The quantitative estimate of drug-likeness (QED) is 0.761. The number of nitrogens with one attached hydrogen (secondary N) is 1. The zero-order valence-corrected chi connectivity index (χ0v) is 10.6. The number of carbonyl (C=O) groups excluding carboxylic acids is 1. The number of carbonyl (C=O) groups is 1. The lowest BCUT2D eigenvalue weighted by molar-refractivity contribution is -0.121. The summed E-state index contributed by atoms with van der Waals surface area (Å²) >= 11 is 0. The van der Waals surface area contributed by atoms with Crippen LogP contribution in [-0.4, -0.2) is 22.1 Å². The number of aliphatic hydroxyl groups excluding tert-OH is 1. The third-order valence-corrected chi connectivity index (χ3v) is 2.62. The average Bonchev–Trinajstić information content (AvgIpc) is 2.75. The highest BCUT2D eigenvalue weighted by molar-refractivity contribution is 5.75. The first kappa shape index (κ1) is 13.8. The van der Waals surface area contributed by atoms with E-state index in [0.717, 1.165) is 24.8 Å². The van der Waals surface area contributed by atoms with Gasteiger partial charge in [-0.05, 0) is 24.5 Å². The molecule has 17 heavy (non-hydrogen) atoms. The van der Waals surface area contributed by atoms with Gasteiger partial charge in [-0.15, -0.1) is 0 Å². The predicted octanol–water partition coefficient (Wildman–Crippen LogP) is 1.85. The Morgan fingerprint density at radius 3 is 2.88 bits per heavy atom. The normalized spacial score (nSPS) is 12.4. The molecule has 0 spiro atoms. The Balaban J connectivity index is 2.47. The first-order valence-corrected chi connectivity index (χ1v) is 6.27. The molecule has 1 unspecified atom stereocenters. The molecule has 1 aromatic rings. The van der Waals surface area contributed by atoms with Crippen molar-refractivity contribution in [3.05, 3.63) is 24.0 Å². The maximum absolute atomic E-state index is 11.5. The number of amides is 1. The summed E-state index contributed by atoms with van der Waals surface area (Å²) in [5, 5.41) is 12.6. The molecule has 0 saturated heterocycles. The van der Waals surface area contributed by atoms with Crippen molar-refractivity contribution in [1.29, 1.82) is 0 Å². The van der Waals surface area contributed by atoms with Gasteiger partial charge in [-0.1, -0.05) is 20.3 Å². The molecule has 1 rings (SSSR count). The van der Waals surface area contributed by atoms with Crippen LogP contribution >= 0.6 is 0 Å². The highest BCUT2D eigenvalue weighted by Crippen LogP contribution is 2.18. The van der Waals surface area contributed by atoms with Crippen molar-refractivity contribution in [1.82, 2.24) is 9.88 Å². The van der Waals surface area contributed by atoms with Gasteiger partial charge in [-0.2, -0.15) is 0 Å². The average molecular weight is 238 g/mol. The van der Waals surface area contributed by atoms with Crippen LogP contribution in [0.5, 0.6) is 0 Å². The minimum absolute atomic E-state index is 0.0129. The molecule has 1 heterocycles. The summed E-state index contributed by atoms with van der Waals surface area (Å²) in [6.45, 7) is 5.10. The van der Waals surface area contributed by atoms with Crippen LogP contribution < -0.4 is 5.32 Å². The Bertz CT molecular complexity index is 347. The highest BCUT2D eigenvalue weighted by atomic mass is 16.3. The molecular weight excluding hydrogens is 216 g/mol. The van der Waals surface area contributed by atoms with Gasteiger partial charge in [0, 0.05) is 18.9 Å². The van der Waals surface area contributed by atoms with E-state index in [9.17, 15) is 9.90 Å². The van der Waals surface area contributed by atoms with Gasteiger partial charge in [0.1, 0.15) is 6.54 Å². The van der Waals surface area contributed by atoms with Crippen molar-refractivity contribution in [2.75, 3.05) is 6.54 Å². The molecule has 96 valence electrons. The zero-order chi connectivity index (χ0) is 12.7. The van der Waals surface area contributed by atoms with E-state index in [1.807, 2.05) is 32.3 Å². The number of hydrogen-bond acceptors (Lipinski definition) is 2. The smallest absolute Gasteiger partial charge is 0.239 e. The highest BCUT2D eigenvalue weighted by Gasteiger charge is 2.09. The van der Waals surface area contributed by atoms with Gasteiger partial charge < -0.3 is 15.0 Å². The molecule has 0 aromatic carbocycles. The minimum Gasteiger partial charge on any atom is -0.388 e. The van der Waals surface area contributed by atoms with E-state index in [-0.39, 0.29) is 5.91 Å². The van der Waals surface area contributed by atoms with Gasteiger partial charge in [-0.25, -0.2) is 0 Å². The lowest BCUT2D eigenvalue weighted by Crippen LogP contribution is -2.27. The fourth-order valence-electron chi connectivity index (χ4n) is 1.68. The molecule has 1 amide bonds. The van der Waals surface area contributed by atoms with Crippen LogP contribution in [0.3, 0.4) is 0 Å². The van der Waals surface area contributed by atoms with Crippen LogP contribution in [0, 0.1) is 0 Å². The second-order valence-corrected chi connectivity index (χ2v) is 4.27. The van der Waals surface area contributed by atoms with Crippen molar-refractivity contribution in [3.8, 4) is 0 Å². The lowest BCUT2D eigenvalue weighted by atomic mass is 10.1. The summed E-state index contributed by atoms with van der Waals surface area (Å²) < 4.78 is 1.80. The Morgan fingerprint density at radius 2 is 2.24 bits per heavy atom. The topological polar surface area (TPSA) is 54.3 Å². The first-order chi connectivity index (χ1) is 8.17. The van der Waals surface area contributed by atoms with E-state index in [1.165, 1.54) is 0 Å². The zero-order valence-electron chi connectivity index (χ0n) is 10.6. The molecule has 0 saturated carbocycles. The minimum atomic E-state index is -0.417. The van der Waals surface area contributed by atoms with Gasteiger partial charge in [0.15, 0.2) is 0 Å². The van der Waals surface area contributed by atoms with Crippen molar-refractivity contribution >= 4 is 5.91 Å². The lowest BCUT2D eigenvalue weighted by Gasteiger charge is -2.07. The number of nitrogens with zero attached hydrogens (tertiary/aromatic N) is 1. The molecule has 4 heteroatoms. The van der Waals surface area contributed by atoms with Gasteiger partial charge in [-0.3, -0.25) is 4.79 Å². The van der Waals surface area contributed by atoms with Crippen molar-refractivity contribution < 1.29 is 9.90 Å². The van der Waals surface area contributed by atoms with Crippen LogP contribution in [0.15, 0.2) is 18.5 Å². The van der Waals surface area contributed by atoms with Gasteiger partial charge in [0.05, 0.1) is 6.10 Å². The number of aliphatic hydroxyl groups is 1. The van der Waals surface area contributed by atoms with Crippen LogP contribution in [-0.2, 0) is 11.3 Å². The SMILES string of the molecule is CCCNC(=O)Cn1ccc(C(O)CCC)c1. The first-order valence-electron chi connectivity index (χ1n) is 6.27. The van der Waals surface area contributed by atoms with Crippen LogP contribution in [0.2, 0.25) is 0 Å². The molecule has 0 aliphatic rings. The van der Waals surface area contributed by atoms with Crippen LogP contribution in [0.1, 0.15) is 44.8 Å². The largest absolute Gasteiger partial charge is 0.388 e. The molecule has 2 N–H and O–H groups in total. The van der Waals surface area contributed by atoms with Crippen LogP contribution in [0.4, 0.5) is 0 Å². The van der Waals surface area contributed by atoms with E-state index >= 15 is 0 Å². The molecule has 1 atom stereocenters. The molecule has 0 radical (unpaired) electrons. The third kappa shape index (κ3) is 4.61. The summed E-state index contributed by atoms with van der Waals surface area (Å²) in [6, 6.07) is 1.87. The molecular formula is C13H22N2O2. The van der Waals surface area contributed by atoms with E-state index in [4.69, 9.17) is 0 Å². The van der Waals surface area contributed by atoms with E-state index in [2.05, 4.69) is 5.32 Å². The van der Waals surface area contributed by atoms with Crippen molar-refractivity contribution in [3.63, 3.8) is 0 Å². The molecule has 0 aliphatic heterocycles.